The molecule has 3 rings (SSSR count). The van der Waals surface area contributed by atoms with Crippen LogP contribution in [-0.2, 0) is 0 Å². The van der Waals surface area contributed by atoms with Crippen LogP contribution in [0.4, 0.5) is 0 Å². The fourth-order valence-electron chi connectivity index (χ4n) is 3.32. The highest BCUT2D eigenvalue weighted by atomic mass is 32.1. The Morgan fingerprint density at radius 3 is 3.00 bits per heavy atom. The van der Waals surface area contributed by atoms with Crippen molar-refractivity contribution < 1.29 is 0 Å². The molecule has 1 aromatic heterocycles. The second-order valence-electron chi connectivity index (χ2n) is 5.54. The van der Waals surface area contributed by atoms with Crippen molar-refractivity contribution in [1.82, 2.24) is 0 Å². The average Bonchev–Trinajstić information content (AvgIpc) is 2.87. The zero-order chi connectivity index (χ0) is 12.5. The number of nitrogens with two attached hydrogens (primary N) is 1. The molecular formula is C16H21NS. The van der Waals surface area contributed by atoms with Crippen molar-refractivity contribution in [2.24, 2.45) is 11.7 Å². The highest BCUT2D eigenvalue weighted by molar-refractivity contribution is 7.17. The first-order valence-corrected chi connectivity index (χ1v) is 7.89. The van der Waals surface area contributed by atoms with E-state index in [0.29, 0.717) is 12.0 Å². The lowest BCUT2D eigenvalue weighted by Gasteiger charge is -2.34. The lowest BCUT2D eigenvalue weighted by atomic mass is 9.74. The number of fused-ring (bicyclic) bond motifs is 1. The number of hydrogen-bond donors (Lipinski definition) is 1. The Bertz CT molecular complexity index is 531. The molecule has 1 heterocycles. The predicted octanol–water partition coefficient (Wildman–Crippen LogP) is 4.52. The van der Waals surface area contributed by atoms with Crippen LogP contribution >= 0.6 is 11.3 Å². The molecule has 2 N–H and O–H groups in total. The van der Waals surface area contributed by atoms with Crippen LogP contribution in [0.5, 0.6) is 0 Å². The summed E-state index contributed by atoms with van der Waals surface area (Å²) in [6, 6.07) is 9.25. The summed E-state index contributed by atoms with van der Waals surface area (Å²) in [4.78, 5) is 0. The third kappa shape index (κ3) is 2.08. The molecule has 0 radical (unpaired) electrons. The minimum atomic E-state index is 0.348. The van der Waals surface area contributed by atoms with Crippen LogP contribution in [0.25, 0.3) is 10.1 Å². The number of rotatable bonds is 2. The lowest BCUT2D eigenvalue weighted by Crippen LogP contribution is -2.34. The molecule has 0 bridgehead atoms. The minimum absolute atomic E-state index is 0.348. The van der Waals surface area contributed by atoms with E-state index in [-0.39, 0.29) is 0 Å². The Kier molecular flexibility index (Phi) is 3.40. The van der Waals surface area contributed by atoms with Gasteiger partial charge in [-0.05, 0) is 47.6 Å². The van der Waals surface area contributed by atoms with Gasteiger partial charge in [0.1, 0.15) is 0 Å². The summed E-state index contributed by atoms with van der Waals surface area (Å²) in [5.41, 5.74) is 7.89. The van der Waals surface area contributed by atoms with E-state index in [4.69, 9.17) is 5.73 Å². The van der Waals surface area contributed by atoms with E-state index in [1.165, 1.54) is 41.3 Å². The highest BCUT2D eigenvalue weighted by Crippen LogP contribution is 2.40. The third-order valence-corrected chi connectivity index (χ3v) is 5.48. The molecule has 1 aromatic carbocycles. The summed E-state index contributed by atoms with van der Waals surface area (Å²) < 4.78 is 1.45. The Morgan fingerprint density at radius 2 is 2.17 bits per heavy atom. The second-order valence-corrected chi connectivity index (χ2v) is 6.46. The second kappa shape index (κ2) is 5.02. The first-order chi connectivity index (χ1) is 8.79. The Balaban J connectivity index is 1.99. The van der Waals surface area contributed by atoms with Gasteiger partial charge < -0.3 is 5.73 Å². The van der Waals surface area contributed by atoms with Gasteiger partial charge in [-0.2, -0.15) is 0 Å². The monoisotopic (exact) mass is 259 g/mol. The van der Waals surface area contributed by atoms with Crippen LogP contribution in [0.15, 0.2) is 29.6 Å². The van der Waals surface area contributed by atoms with E-state index < -0.39 is 0 Å². The van der Waals surface area contributed by atoms with Crippen LogP contribution in [0.1, 0.15) is 44.1 Å². The Labute approximate surface area is 113 Å². The van der Waals surface area contributed by atoms with Crippen LogP contribution < -0.4 is 5.73 Å². The smallest absolute Gasteiger partial charge is 0.0378 e. The molecule has 1 nitrogen and oxygen atoms in total. The molecule has 1 fully saturated rings. The molecule has 1 saturated carbocycles. The SMILES string of the molecule is CCC1CCC(N)C(c2cccc3ccsc23)C1. The first kappa shape index (κ1) is 12.2. The van der Waals surface area contributed by atoms with E-state index in [1.807, 2.05) is 11.3 Å². The van der Waals surface area contributed by atoms with Crippen LogP contribution in [0, 0.1) is 5.92 Å². The molecule has 18 heavy (non-hydrogen) atoms. The zero-order valence-corrected chi connectivity index (χ0v) is 11.7. The van der Waals surface area contributed by atoms with Crippen molar-refractivity contribution >= 4 is 21.4 Å². The number of benzene rings is 1. The maximum atomic E-state index is 6.39. The Morgan fingerprint density at radius 1 is 1.28 bits per heavy atom. The van der Waals surface area contributed by atoms with E-state index in [2.05, 4.69) is 36.6 Å². The minimum Gasteiger partial charge on any atom is -0.327 e. The van der Waals surface area contributed by atoms with Crippen molar-refractivity contribution in [1.29, 1.82) is 0 Å². The summed E-state index contributed by atoms with van der Waals surface area (Å²) in [5, 5.41) is 3.57. The fourth-order valence-corrected chi connectivity index (χ4v) is 4.30. The van der Waals surface area contributed by atoms with Gasteiger partial charge in [-0.1, -0.05) is 31.5 Å². The number of thiophene rings is 1. The van der Waals surface area contributed by atoms with Gasteiger partial charge >= 0.3 is 0 Å². The molecule has 1 aliphatic rings. The van der Waals surface area contributed by atoms with Crippen molar-refractivity contribution in [2.75, 3.05) is 0 Å². The van der Waals surface area contributed by atoms with Crippen LogP contribution in [0.3, 0.4) is 0 Å². The molecule has 2 heteroatoms. The molecule has 3 atom stereocenters. The van der Waals surface area contributed by atoms with Crippen molar-refractivity contribution in [2.45, 2.75) is 44.6 Å². The van der Waals surface area contributed by atoms with Crippen LogP contribution in [-0.4, -0.2) is 6.04 Å². The molecular weight excluding hydrogens is 238 g/mol. The van der Waals surface area contributed by atoms with Crippen molar-refractivity contribution in [3.8, 4) is 0 Å². The third-order valence-electron chi connectivity index (χ3n) is 4.50. The lowest BCUT2D eigenvalue weighted by molar-refractivity contribution is 0.283. The molecule has 0 amide bonds. The van der Waals surface area contributed by atoms with E-state index in [0.717, 1.165) is 5.92 Å². The van der Waals surface area contributed by atoms with Gasteiger partial charge in [-0.25, -0.2) is 0 Å². The molecule has 1 aliphatic carbocycles. The van der Waals surface area contributed by atoms with E-state index in [9.17, 15) is 0 Å². The average molecular weight is 259 g/mol. The fraction of sp³-hybridized carbons (Fsp3) is 0.500. The largest absolute Gasteiger partial charge is 0.327 e. The van der Waals surface area contributed by atoms with E-state index in [1.54, 1.807) is 0 Å². The molecule has 2 aromatic rings. The summed E-state index contributed by atoms with van der Waals surface area (Å²) in [6.45, 7) is 2.31. The van der Waals surface area contributed by atoms with Gasteiger partial charge in [-0.3, -0.25) is 0 Å². The van der Waals surface area contributed by atoms with Crippen molar-refractivity contribution in [3.63, 3.8) is 0 Å². The van der Waals surface area contributed by atoms with E-state index >= 15 is 0 Å². The molecule has 96 valence electrons. The van der Waals surface area contributed by atoms with Gasteiger partial charge in [0.2, 0.25) is 0 Å². The zero-order valence-electron chi connectivity index (χ0n) is 10.9. The predicted molar refractivity (Wildman–Crippen MR) is 80.2 cm³/mol. The van der Waals surface area contributed by atoms with Gasteiger partial charge in [-0.15, -0.1) is 11.3 Å². The van der Waals surface area contributed by atoms with Crippen molar-refractivity contribution in [3.05, 3.63) is 35.2 Å². The highest BCUT2D eigenvalue weighted by Gasteiger charge is 2.29. The van der Waals surface area contributed by atoms with Gasteiger partial charge in [0.25, 0.3) is 0 Å². The maximum absolute atomic E-state index is 6.39. The molecule has 0 spiro atoms. The quantitative estimate of drug-likeness (QED) is 0.843. The molecule has 0 aliphatic heterocycles. The van der Waals surface area contributed by atoms with Gasteiger partial charge in [0.05, 0.1) is 0 Å². The summed E-state index contributed by atoms with van der Waals surface area (Å²) in [7, 11) is 0. The number of hydrogen-bond acceptors (Lipinski definition) is 2. The first-order valence-electron chi connectivity index (χ1n) is 7.01. The molecule has 0 saturated heterocycles. The summed E-state index contributed by atoms with van der Waals surface area (Å²) in [6.07, 6.45) is 5.07. The Hall–Kier alpha value is -0.860. The van der Waals surface area contributed by atoms with Gasteiger partial charge in [0, 0.05) is 16.7 Å². The standard InChI is InChI=1S/C16H21NS/c1-2-11-6-7-15(17)14(10-11)13-5-3-4-12-8-9-18-16(12)13/h3-5,8-9,11,14-15H,2,6-7,10,17H2,1H3. The van der Waals surface area contributed by atoms with Gasteiger partial charge in [0.15, 0.2) is 0 Å². The molecule has 3 unspecified atom stereocenters. The van der Waals surface area contributed by atoms with Crippen LogP contribution in [0.2, 0.25) is 0 Å². The summed E-state index contributed by atoms with van der Waals surface area (Å²) in [5.74, 6) is 1.43. The maximum Gasteiger partial charge on any atom is 0.0378 e. The topological polar surface area (TPSA) is 26.0 Å². The summed E-state index contributed by atoms with van der Waals surface area (Å²) >= 11 is 1.86. The normalized spacial score (nSPS) is 28.7.